The van der Waals surface area contributed by atoms with E-state index in [9.17, 15) is 18.9 Å². The molecule has 0 aromatic rings. The van der Waals surface area contributed by atoms with Crippen LogP contribution in [0.25, 0.3) is 0 Å². The van der Waals surface area contributed by atoms with Crippen LogP contribution in [0.5, 0.6) is 0 Å². The fourth-order valence-electron chi connectivity index (χ4n) is 5.24. The Bertz CT molecular complexity index is 850. The highest BCUT2D eigenvalue weighted by atomic mass is 31.2. The van der Waals surface area contributed by atoms with Crippen LogP contribution in [-0.2, 0) is 46.7 Å². The SMILES string of the molecule is C=CC(=O)OC(CCCCCCCCC)OP(=O)(OC(CCCCCCCCC)OC(=O)C=C)OC(CCCCCCCCC)OC(=O)C=C. The van der Waals surface area contributed by atoms with Crippen molar-refractivity contribution in [1.82, 2.24) is 0 Å². The Morgan fingerprint density at radius 2 is 0.660 bits per heavy atom. The number of rotatable bonds is 36. The zero-order valence-corrected chi connectivity index (χ0v) is 32.5. The Hall–Kier alpha value is -2.26. The van der Waals surface area contributed by atoms with Crippen molar-refractivity contribution in [1.29, 1.82) is 0 Å². The summed E-state index contributed by atoms with van der Waals surface area (Å²) in [5.74, 6) is -2.33. The van der Waals surface area contributed by atoms with Crippen LogP contribution in [-0.4, -0.2) is 36.8 Å². The highest BCUT2D eigenvalue weighted by Gasteiger charge is 2.40. The van der Waals surface area contributed by atoms with Gasteiger partial charge in [-0.3, -0.25) is 0 Å². The van der Waals surface area contributed by atoms with Gasteiger partial charge in [-0.1, -0.05) is 156 Å². The molecule has 3 atom stereocenters. The Morgan fingerprint density at radius 3 is 0.880 bits per heavy atom. The normalized spacial score (nSPS) is 14.1. The first-order valence-electron chi connectivity index (χ1n) is 19.3. The molecule has 11 heteroatoms. The molecule has 0 rings (SSSR count). The van der Waals surface area contributed by atoms with E-state index in [1.54, 1.807) is 0 Å². The van der Waals surface area contributed by atoms with Crippen molar-refractivity contribution in [2.75, 3.05) is 0 Å². The lowest BCUT2D eigenvalue weighted by Gasteiger charge is -2.29. The van der Waals surface area contributed by atoms with E-state index in [1.165, 1.54) is 19.3 Å². The van der Waals surface area contributed by atoms with E-state index in [2.05, 4.69) is 40.5 Å². The van der Waals surface area contributed by atoms with E-state index in [-0.39, 0.29) is 19.3 Å². The average Bonchev–Trinajstić information content (AvgIpc) is 3.09. The minimum atomic E-state index is -4.73. The van der Waals surface area contributed by atoms with Crippen LogP contribution >= 0.6 is 7.82 Å². The molecular formula is C39H69O10P. The van der Waals surface area contributed by atoms with Gasteiger partial charge in [-0.05, 0) is 19.3 Å². The molecule has 0 heterocycles. The van der Waals surface area contributed by atoms with Gasteiger partial charge in [0.1, 0.15) is 0 Å². The lowest BCUT2D eigenvalue weighted by Crippen LogP contribution is -2.27. The maximum Gasteiger partial charge on any atom is 0.484 e. The summed E-state index contributed by atoms with van der Waals surface area (Å²) in [6.07, 6.45) is 20.6. The molecule has 0 aliphatic rings. The van der Waals surface area contributed by atoms with E-state index in [0.29, 0.717) is 19.3 Å². The van der Waals surface area contributed by atoms with Crippen LogP contribution in [0.4, 0.5) is 0 Å². The summed E-state index contributed by atoms with van der Waals surface area (Å²) in [7, 11) is -4.73. The van der Waals surface area contributed by atoms with Crippen LogP contribution in [0.15, 0.2) is 38.0 Å². The molecule has 0 saturated heterocycles. The van der Waals surface area contributed by atoms with Gasteiger partial charge >= 0.3 is 25.7 Å². The maximum absolute atomic E-state index is 14.6. The minimum Gasteiger partial charge on any atom is -0.432 e. The van der Waals surface area contributed by atoms with Crippen molar-refractivity contribution < 1.29 is 46.7 Å². The largest absolute Gasteiger partial charge is 0.484 e. The van der Waals surface area contributed by atoms with Crippen molar-refractivity contribution in [3.8, 4) is 0 Å². The summed E-state index contributed by atoms with van der Waals surface area (Å²) in [6.45, 7) is 16.9. The molecule has 50 heavy (non-hydrogen) atoms. The van der Waals surface area contributed by atoms with Crippen molar-refractivity contribution in [2.24, 2.45) is 0 Å². The average molecular weight is 729 g/mol. The standard InChI is InChI=1S/C39H69O10P/c1-7-13-16-19-22-25-28-31-37(44-34(40)10-4)47-50(43,48-38(45-35(41)11-5)32-29-26-23-20-17-14-8-2)49-39(46-36(42)12-6)33-30-27-24-21-18-15-9-3/h10-12,37-39H,4-9,13-33H2,1-3H3. The van der Waals surface area contributed by atoms with Gasteiger partial charge in [-0.2, -0.15) is 0 Å². The Morgan fingerprint density at radius 1 is 0.440 bits per heavy atom. The fraction of sp³-hybridized carbons (Fsp3) is 0.769. The third-order valence-corrected chi connectivity index (χ3v) is 9.59. The second-order valence-corrected chi connectivity index (χ2v) is 14.2. The number of ether oxygens (including phenoxy) is 3. The summed E-state index contributed by atoms with van der Waals surface area (Å²) in [4.78, 5) is 36.9. The van der Waals surface area contributed by atoms with Gasteiger partial charge in [0.25, 0.3) is 0 Å². The first-order valence-corrected chi connectivity index (χ1v) is 20.8. The molecule has 10 nitrogen and oxygen atoms in total. The van der Waals surface area contributed by atoms with E-state index < -0.39 is 44.6 Å². The predicted octanol–water partition coefficient (Wildman–Crippen LogP) is 11.7. The van der Waals surface area contributed by atoms with E-state index in [1.807, 2.05) is 0 Å². The van der Waals surface area contributed by atoms with Gasteiger partial charge in [-0.25, -0.2) is 32.5 Å². The van der Waals surface area contributed by atoms with Gasteiger partial charge in [0.15, 0.2) is 0 Å². The smallest absolute Gasteiger partial charge is 0.432 e. The summed E-state index contributed by atoms with van der Waals surface area (Å²) in [5.41, 5.74) is 0. The first kappa shape index (κ1) is 47.7. The highest BCUT2D eigenvalue weighted by molar-refractivity contribution is 7.48. The van der Waals surface area contributed by atoms with E-state index >= 15 is 0 Å². The number of hydrogen-bond donors (Lipinski definition) is 0. The molecule has 0 aromatic carbocycles. The monoisotopic (exact) mass is 728 g/mol. The molecule has 0 aromatic heterocycles. The Balaban J connectivity index is 6.11. The van der Waals surface area contributed by atoms with E-state index in [0.717, 1.165) is 115 Å². The summed E-state index contributed by atoms with van der Waals surface area (Å²) in [5, 5.41) is 0. The van der Waals surface area contributed by atoms with Gasteiger partial charge in [0.05, 0.1) is 0 Å². The second kappa shape index (κ2) is 32.6. The predicted molar refractivity (Wildman–Crippen MR) is 199 cm³/mol. The highest BCUT2D eigenvalue weighted by Crippen LogP contribution is 2.54. The van der Waals surface area contributed by atoms with Crippen LogP contribution in [0, 0.1) is 0 Å². The molecule has 0 fully saturated rings. The first-order chi connectivity index (χ1) is 24.2. The van der Waals surface area contributed by atoms with Crippen LogP contribution in [0.2, 0.25) is 0 Å². The van der Waals surface area contributed by atoms with Crippen LogP contribution in [0.3, 0.4) is 0 Å². The summed E-state index contributed by atoms with van der Waals surface area (Å²) < 4.78 is 48.5. The van der Waals surface area contributed by atoms with Gasteiger partial charge in [-0.15, -0.1) is 0 Å². The lowest BCUT2D eigenvalue weighted by molar-refractivity contribution is -0.180. The van der Waals surface area contributed by atoms with E-state index in [4.69, 9.17) is 27.8 Å². The molecule has 0 spiro atoms. The van der Waals surface area contributed by atoms with Crippen molar-refractivity contribution >= 4 is 25.7 Å². The third-order valence-electron chi connectivity index (χ3n) is 8.11. The molecule has 0 radical (unpaired) electrons. The topological polar surface area (TPSA) is 124 Å². The van der Waals surface area contributed by atoms with Crippen molar-refractivity contribution in [3.05, 3.63) is 38.0 Å². The van der Waals surface area contributed by atoms with Gasteiger partial charge < -0.3 is 14.2 Å². The molecular weight excluding hydrogens is 659 g/mol. The van der Waals surface area contributed by atoms with Crippen LogP contribution in [0.1, 0.15) is 175 Å². The number of carbonyl (C=O) groups is 3. The lowest BCUT2D eigenvalue weighted by atomic mass is 10.1. The zero-order valence-electron chi connectivity index (χ0n) is 31.6. The molecule has 3 unspecified atom stereocenters. The van der Waals surface area contributed by atoms with Gasteiger partial charge in [0, 0.05) is 37.5 Å². The molecule has 0 bridgehead atoms. The Labute approximate surface area is 303 Å². The number of carbonyl (C=O) groups excluding carboxylic acids is 3. The number of unbranched alkanes of at least 4 members (excludes halogenated alkanes) is 18. The number of phosphoric acid groups is 1. The summed E-state index contributed by atoms with van der Waals surface area (Å²) in [6, 6.07) is 0. The second-order valence-electron chi connectivity index (χ2n) is 12.7. The molecule has 0 N–H and O–H groups in total. The number of esters is 3. The quantitative estimate of drug-likeness (QED) is 0.0154. The molecule has 0 aliphatic carbocycles. The minimum absolute atomic E-state index is 0.202. The summed E-state index contributed by atoms with van der Waals surface area (Å²) >= 11 is 0. The number of hydrogen-bond acceptors (Lipinski definition) is 10. The van der Waals surface area contributed by atoms with Gasteiger partial charge in [0.2, 0.25) is 18.9 Å². The fourth-order valence-corrected chi connectivity index (χ4v) is 6.70. The van der Waals surface area contributed by atoms with Crippen molar-refractivity contribution in [3.63, 3.8) is 0 Å². The third kappa shape index (κ3) is 27.5. The maximum atomic E-state index is 14.6. The zero-order chi connectivity index (χ0) is 37.3. The molecule has 0 saturated carbocycles. The molecule has 0 aliphatic heterocycles. The van der Waals surface area contributed by atoms with Crippen LogP contribution < -0.4 is 0 Å². The molecule has 290 valence electrons. The molecule has 0 amide bonds. The number of phosphoric ester groups is 1. The van der Waals surface area contributed by atoms with Crippen molar-refractivity contribution in [2.45, 2.75) is 194 Å². The Kier molecular flexibility index (Phi) is 31.2.